The van der Waals surface area contributed by atoms with Crippen LogP contribution >= 0.6 is 11.6 Å². The van der Waals surface area contributed by atoms with Crippen LogP contribution in [0.3, 0.4) is 0 Å². The lowest BCUT2D eigenvalue weighted by Crippen LogP contribution is -2.41. The van der Waals surface area contributed by atoms with Crippen LogP contribution in [-0.2, 0) is 14.3 Å². The summed E-state index contributed by atoms with van der Waals surface area (Å²) in [7, 11) is 3.25. The number of halogens is 1. The van der Waals surface area contributed by atoms with Crippen molar-refractivity contribution in [1.29, 1.82) is 0 Å². The molecule has 7 nitrogen and oxygen atoms in total. The van der Waals surface area contributed by atoms with Gasteiger partial charge in [0, 0.05) is 55.6 Å². The third-order valence-electron chi connectivity index (χ3n) is 7.08. The Morgan fingerprint density at radius 3 is 2.50 bits per heavy atom. The molecule has 1 atom stereocenters. The number of hydrogen-bond donors (Lipinski definition) is 2. The zero-order valence-electron chi connectivity index (χ0n) is 27.8. The first kappa shape index (κ1) is 38.6. The second-order valence-electron chi connectivity index (χ2n) is 11.4. The molecular weight excluding hydrogens is 572 g/mol. The average molecular weight is 625 g/mol. The summed E-state index contributed by atoms with van der Waals surface area (Å²) in [5.41, 5.74) is 5.25. The molecule has 1 unspecified atom stereocenters. The van der Waals surface area contributed by atoms with Crippen LogP contribution in [-0.4, -0.2) is 62.8 Å². The zero-order valence-corrected chi connectivity index (χ0v) is 28.6. The number of ether oxygens (including phenoxy) is 1. The number of nitrogens with one attached hydrogen (secondary N) is 2. The van der Waals surface area contributed by atoms with Gasteiger partial charge in [0.1, 0.15) is 5.84 Å². The van der Waals surface area contributed by atoms with Gasteiger partial charge in [-0.25, -0.2) is 4.99 Å². The quantitative estimate of drug-likeness (QED) is 0.0657. The van der Waals surface area contributed by atoms with Gasteiger partial charge in [-0.1, -0.05) is 62.4 Å². The Kier molecular flexibility index (Phi) is 18.7. The molecule has 0 saturated carbocycles. The van der Waals surface area contributed by atoms with E-state index in [-0.39, 0.29) is 11.9 Å². The van der Waals surface area contributed by atoms with Gasteiger partial charge in [-0.2, -0.15) is 0 Å². The molecular formula is C36H53ClN4O3. The summed E-state index contributed by atoms with van der Waals surface area (Å²) in [6.45, 7) is 20.4. The number of aryl methyl sites for hydroxylation is 1. The van der Waals surface area contributed by atoms with Crippen LogP contribution in [0.1, 0.15) is 70.9 Å². The summed E-state index contributed by atoms with van der Waals surface area (Å²) in [5.74, 6) is 1.24. The van der Waals surface area contributed by atoms with E-state index in [0.717, 1.165) is 66.2 Å². The SMILES string of the molecule is C=CNC(C=C)CN(CCCCNC(=O)C1=C(C=O)C=CCC1)C(C)=N/C(=C(\C)CC(C)C)c1ccc(C)c(Cl)c1.COC. The number of hydrogen-bond acceptors (Lipinski definition) is 5. The summed E-state index contributed by atoms with van der Waals surface area (Å²) in [4.78, 5) is 31.4. The molecule has 0 spiro atoms. The maximum absolute atomic E-state index is 12.6. The first-order valence-electron chi connectivity index (χ1n) is 15.3. The van der Waals surface area contributed by atoms with Crippen molar-refractivity contribution in [3.63, 3.8) is 0 Å². The molecule has 242 valence electrons. The molecule has 0 aliphatic heterocycles. The molecule has 1 aromatic carbocycles. The standard InChI is InChI=1S/C34H47ClN4O2.C2H6O/c1-8-30(36-9-2)22-39(19-13-12-18-37-34(41)31-15-11-10-14-29(31)23-40)27(7)38-33(26(6)20-24(3)4)28-17-16-25(5)32(35)21-28;1-3-2/h8-10,14,16-17,21,23-24,30,36H,1-2,11-13,15,18-20,22H2,3-7H3,(H,37,41);1-2H3/b33-26+,38-27?;. The Bertz CT molecular complexity index is 1230. The van der Waals surface area contributed by atoms with Crippen molar-refractivity contribution in [2.75, 3.05) is 33.9 Å². The molecule has 0 bridgehead atoms. The van der Waals surface area contributed by atoms with E-state index in [4.69, 9.17) is 16.6 Å². The molecule has 0 saturated heterocycles. The van der Waals surface area contributed by atoms with Crippen molar-refractivity contribution in [3.05, 3.63) is 88.7 Å². The number of allylic oxidation sites excluding steroid dienone is 4. The largest absolute Gasteiger partial charge is 0.388 e. The summed E-state index contributed by atoms with van der Waals surface area (Å²) in [5, 5.41) is 6.97. The van der Waals surface area contributed by atoms with Gasteiger partial charge >= 0.3 is 0 Å². The second-order valence-corrected chi connectivity index (χ2v) is 11.8. The van der Waals surface area contributed by atoms with Crippen molar-refractivity contribution < 1.29 is 14.3 Å². The highest BCUT2D eigenvalue weighted by Gasteiger charge is 2.17. The van der Waals surface area contributed by atoms with Gasteiger partial charge in [-0.05, 0) is 82.2 Å². The van der Waals surface area contributed by atoms with Crippen LogP contribution < -0.4 is 10.6 Å². The molecule has 0 radical (unpaired) electrons. The summed E-state index contributed by atoms with van der Waals surface area (Å²) >= 11 is 6.51. The van der Waals surface area contributed by atoms with E-state index in [9.17, 15) is 9.59 Å². The fraction of sp³-hybridized carbons (Fsp3) is 0.472. The van der Waals surface area contributed by atoms with Gasteiger partial charge in [0.15, 0.2) is 6.29 Å². The normalized spacial score (nSPS) is 14.2. The number of aldehydes is 1. The smallest absolute Gasteiger partial charge is 0.247 e. The number of carbonyl (C=O) groups excluding carboxylic acids is 2. The molecule has 1 amide bonds. The predicted octanol–water partition coefficient (Wildman–Crippen LogP) is 7.44. The molecule has 1 aliphatic carbocycles. The van der Waals surface area contributed by atoms with Gasteiger partial charge in [-0.15, -0.1) is 6.58 Å². The number of benzene rings is 1. The summed E-state index contributed by atoms with van der Waals surface area (Å²) in [6.07, 6.45) is 11.9. The maximum atomic E-state index is 12.6. The van der Waals surface area contributed by atoms with Crippen LogP contribution in [0.4, 0.5) is 0 Å². The Morgan fingerprint density at radius 1 is 1.20 bits per heavy atom. The number of unbranched alkanes of at least 4 members (excludes halogenated alkanes) is 1. The maximum Gasteiger partial charge on any atom is 0.247 e. The number of carbonyl (C=O) groups is 2. The monoisotopic (exact) mass is 624 g/mol. The molecule has 0 fully saturated rings. The van der Waals surface area contributed by atoms with Crippen LogP contribution in [0.15, 0.2) is 77.5 Å². The van der Waals surface area contributed by atoms with E-state index in [0.29, 0.717) is 36.6 Å². The molecule has 0 aromatic heterocycles. The molecule has 2 N–H and O–H groups in total. The number of nitrogens with zero attached hydrogens (tertiary/aromatic N) is 2. The molecule has 8 heteroatoms. The first-order chi connectivity index (χ1) is 21.0. The lowest BCUT2D eigenvalue weighted by atomic mass is 9.98. The van der Waals surface area contributed by atoms with Gasteiger partial charge in [0.05, 0.1) is 11.7 Å². The fourth-order valence-corrected chi connectivity index (χ4v) is 5.01. The number of amidine groups is 1. The summed E-state index contributed by atoms with van der Waals surface area (Å²) in [6, 6.07) is 6.13. The van der Waals surface area contributed by atoms with Crippen LogP contribution in [0.25, 0.3) is 5.70 Å². The summed E-state index contributed by atoms with van der Waals surface area (Å²) < 4.78 is 4.25. The van der Waals surface area contributed by atoms with E-state index in [2.05, 4.69) is 60.3 Å². The molecule has 0 heterocycles. The zero-order chi connectivity index (χ0) is 33.1. The van der Waals surface area contributed by atoms with Crippen molar-refractivity contribution in [2.45, 2.75) is 72.8 Å². The minimum Gasteiger partial charge on any atom is -0.388 e. The van der Waals surface area contributed by atoms with Crippen LogP contribution in [0, 0.1) is 12.8 Å². The average Bonchev–Trinajstić information content (AvgIpc) is 2.99. The predicted molar refractivity (Wildman–Crippen MR) is 187 cm³/mol. The number of methoxy groups -OCH3 is 1. The highest BCUT2D eigenvalue weighted by Crippen LogP contribution is 2.28. The van der Waals surface area contributed by atoms with E-state index in [1.165, 1.54) is 5.57 Å². The van der Waals surface area contributed by atoms with E-state index >= 15 is 0 Å². The van der Waals surface area contributed by atoms with Crippen molar-refractivity contribution in [2.24, 2.45) is 10.9 Å². The molecule has 44 heavy (non-hydrogen) atoms. The van der Waals surface area contributed by atoms with Crippen molar-refractivity contribution >= 4 is 35.3 Å². The van der Waals surface area contributed by atoms with Gasteiger partial charge < -0.3 is 20.3 Å². The lowest BCUT2D eigenvalue weighted by molar-refractivity contribution is -0.118. The Morgan fingerprint density at radius 2 is 1.91 bits per heavy atom. The van der Waals surface area contributed by atoms with E-state index < -0.39 is 0 Å². The van der Waals surface area contributed by atoms with Gasteiger partial charge in [-0.3, -0.25) is 9.59 Å². The number of amides is 1. The third-order valence-corrected chi connectivity index (χ3v) is 7.48. The van der Waals surface area contributed by atoms with Gasteiger partial charge in [0.25, 0.3) is 0 Å². The highest BCUT2D eigenvalue weighted by molar-refractivity contribution is 6.31. The molecule has 2 rings (SSSR count). The third kappa shape index (κ3) is 13.5. The molecule has 1 aromatic rings. The van der Waals surface area contributed by atoms with Gasteiger partial charge in [0.2, 0.25) is 5.91 Å². The van der Waals surface area contributed by atoms with Crippen molar-refractivity contribution in [1.82, 2.24) is 15.5 Å². The fourth-order valence-electron chi connectivity index (χ4n) is 4.83. The Labute approximate surface area is 270 Å². The molecule has 1 aliphatic rings. The van der Waals surface area contributed by atoms with E-state index in [1.807, 2.05) is 38.1 Å². The minimum atomic E-state index is -0.153. The number of aliphatic imine (C=N–C) groups is 1. The number of rotatable bonds is 16. The minimum absolute atomic E-state index is 0.00317. The lowest BCUT2D eigenvalue weighted by Gasteiger charge is -2.28. The second kappa shape index (κ2) is 21.3. The van der Waals surface area contributed by atoms with Crippen LogP contribution in [0.2, 0.25) is 5.02 Å². The Hall–Kier alpha value is -3.42. The first-order valence-corrected chi connectivity index (χ1v) is 15.7. The highest BCUT2D eigenvalue weighted by atomic mass is 35.5. The van der Waals surface area contributed by atoms with Crippen molar-refractivity contribution in [3.8, 4) is 0 Å². The van der Waals surface area contributed by atoms with Crippen LogP contribution in [0.5, 0.6) is 0 Å². The Balaban J connectivity index is 0.00000309. The van der Waals surface area contributed by atoms with E-state index in [1.54, 1.807) is 26.5 Å². The topological polar surface area (TPSA) is 83.0 Å².